The van der Waals surface area contributed by atoms with Gasteiger partial charge in [-0.2, -0.15) is 0 Å². The molecule has 3 N–H and O–H groups in total. The minimum absolute atomic E-state index is 0.202. The van der Waals surface area contributed by atoms with Gasteiger partial charge in [0.15, 0.2) is 0 Å². The van der Waals surface area contributed by atoms with Crippen LogP contribution < -0.4 is 16.0 Å². The Balaban J connectivity index is 1.75. The van der Waals surface area contributed by atoms with E-state index in [1.807, 2.05) is 6.07 Å². The van der Waals surface area contributed by atoms with Crippen molar-refractivity contribution >= 4 is 29.1 Å². The smallest absolute Gasteiger partial charge is 0.257 e. The Hall–Kier alpha value is -3.93. The number of benzene rings is 3. The van der Waals surface area contributed by atoms with Gasteiger partial charge in [-0.15, -0.1) is 0 Å². The molecule has 28 heavy (non-hydrogen) atoms. The first-order valence-corrected chi connectivity index (χ1v) is 8.67. The molecule has 0 radical (unpaired) electrons. The Morgan fingerprint density at radius 3 is 1.89 bits per heavy atom. The first-order valence-electron chi connectivity index (χ1n) is 8.67. The van der Waals surface area contributed by atoms with Crippen molar-refractivity contribution in [3.8, 4) is 0 Å². The molecular formula is C22H19N3O3. The fourth-order valence-corrected chi connectivity index (χ4v) is 2.62. The quantitative estimate of drug-likeness (QED) is 0.639. The molecule has 3 aromatic carbocycles. The predicted octanol–water partition coefficient (Wildman–Crippen LogP) is 3.55. The lowest BCUT2D eigenvalue weighted by Crippen LogP contribution is -2.19. The first-order chi connectivity index (χ1) is 13.6. The SMILES string of the molecule is CNC(=O)c1ccc(NC(=O)c2ccccc2NC(=O)c2ccccc2)cc1. The van der Waals surface area contributed by atoms with Gasteiger partial charge in [0.25, 0.3) is 17.7 Å². The zero-order chi connectivity index (χ0) is 19.9. The Bertz CT molecular complexity index is 999. The topological polar surface area (TPSA) is 87.3 Å². The number of hydrogen-bond donors (Lipinski definition) is 3. The highest BCUT2D eigenvalue weighted by molar-refractivity contribution is 6.12. The van der Waals surface area contributed by atoms with Gasteiger partial charge in [-0.25, -0.2) is 0 Å². The molecule has 0 fully saturated rings. The molecule has 0 aromatic heterocycles. The molecule has 0 spiro atoms. The lowest BCUT2D eigenvalue weighted by atomic mass is 10.1. The van der Waals surface area contributed by atoms with E-state index in [9.17, 15) is 14.4 Å². The Kier molecular flexibility index (Phi) is 5.81. The fourth-order valence-electron chi connectivity index (χ4n) is 2.62. The predicted molar refractivity (Wildman–Crippen MR) is 109 cm³/mol. The van der Waals surface area contributed by atoms with Crippen LogP contribution in [0.1, 0.15) is 31.1 Å². The maximum Gasteiger partial charge on any atom is 0.257 e. The van der Waals surface area contributed by atoms with Crippen molar-refractivity contribution in [2.75, 3.05) is 17.7 Å². The maximum atomic E-state index is 12.7. The summed E-state index contributed by atoms with van der Waals surface area (Å²) in [6.45, 7) is 0. The largest absolute Gasteiger partial charge is 0.355 e. The monoisotopic (exact) mass is 373 g/mol. The Morgan fingerprint density at radius 2 is 1.21 bits per heavy atom. The summed E-state index contributed by atoms with van der Waals surface area (Å²) in [5.41, 5.74) is 2.29. The number of carbonyl (C=O) groups excluding carboxylic acids is 3. The van der Waals surface area contributed by atoms with E-state index < -0.39 is 0 Å². The van der Waals surface area contributed by atoms with E-state index in [0.29, 0.717) is 28.1 Å². The summed E-state index contributed by atoms with van der Waals surface area (Å²) >= 11 is 0. The summed E-state index contributed by atoms with van der Waals surface area (Å²) < 4.78 is 0. The van der Waals surface area contributed by atoms with E-state index in [-0.39, 0.29) is 17.7 Å². The van der Waals surface area contributed by atoms with Crippen LogP contribution in [-0.4, -0.2) is 24.8 Å². The number of para-hydroxylation sites is 1. The van der Waals surface area contributed by atoms with Crippen LogP contribution in [-0.2, 0) is 0 Å². The standard InChI is InChI=1S/C22H19N3O3/c1-23-20(26)16-11-13-17(14-12-16)24-22(28)18-9-5-6-10-19(18)25-21(27)15-7-3-2-4-8-15/h2-14H,1H3,(H,23,26)(H,24,28)(H,25,27). The zero-order valence-corrected chi connectivity index (χ0v) is 15.2. The highest BCUT2D eigenvalue weighted by atomic mass is 16.2. The average Bonchev–Trinajstić information content (AvgIpc) is 2.74. The van der Waals surface area contributed by atoms with Crippen molar-refractivity contribution in [2.24, 2.45) is 0 Å². The van der Waals surface area contributed by atoms with E-state index in [1.165, 1.54) is 0 Å². The maximum absolute atomic E-state index is 12.7. The lowest BCUT2D eigenvalue weighted by molar-refractivity contribution is 0.0961. The molecule has 140 valence electrons. The van der Waals surface area contributed by atoms with Crippen LogP contribution in [0.3, 0.4) is 0 Å². The number of rotatable bonds is 5. The average molecular weight is 373 g/mol. The highest BCUT2D eigenvalue weighted by Crippen LogP contribution is 2.19. The molecule has 0 bridgehead atoms. The van der Waals surface area contributed by atoms with Crippen molar-refractivity contribution in [1.82, 2.24) is 5.32 Å². The van der Waals surface area contributed by atoms with Crippen LogP contribution in [0.2, 0.25) is 0 Å². The summed E-state index contributed by atoms with van der Waals surface area (Å²) in [6.07, 6.45) is 0. The molecule has 0 saturated heterocycles. The molecule has 0 aliphatic heterocycles. The molecule has 6 heteroatoms. The number of nitrogens with one attached hydrogen (secondary N) is 3. The van der Waals surface area contributed by atoms with Crippen LogP contribution >= 0.6 is 0 Å². The summed E-state index contributed by atoms with van der Waals surface area (Å²) in [7, 11) is 1.55. The van der Waals surface area contributed by atoms with Gasteiger partial charge in [0, 0.05) is 23.9 Å². The van der Waals surface area contributed by atoms with Crippen LogP contribution in [0.25, 0.3) is 0 Å². The van der Waals surface area contributed by atoms with Gasteiger partial charge in [0.05, 0.1) is 11.3 Å². The van der Waals surface area contributed by atoms with Crippen LogP contribution in [0.5, 0.6) is 0 Å². The molecule has 0 unspecified atom stereocenters. The van der Waals surface area contributed by atoms with Gasteiger partial charge in [-0.05, 0) is 48.5 Å². The molecular weight excluding hydrogens is 354 g/mol. The molecule has 0 aliphatic carbocycles. The number of carbonyl (C=O) groups is 3. The molecule has 6 nitrogen and oxygen atoms in total. The molecule has 0 atom stereocenters. The van der Waals surface area contributed by atoms with Gasteiger partial charge >= 0.3 is 0 Å². The second-order valence-electron chi connectivity index (χ2n) is 5.98. The van der Waals surface area contributed by atoms with Crippen molar-refractivity contribution in [3.05, 3.63) is 95.6 Å². The van der Waals surface area contributed by atoms with E-state index >= 15 is 0 Å². The molecule has 3 aromatic rings. The molecule has 3 rings (SSSR count). The minimum atomic E-state index is -0.364. The fraction of sp³-hybridized carbons (Fsp3) is 0.0455. The second kappa shape index (κ2) is 8.64. The van der Waals surface area contributed by atoms with Gasteiger partial charge in [-0.3, -0.25) is 14.4 Å². The third kappa shape index (κ3) is 4.42. The zero-order valence-electron chi connectivity index (χ0n) is 15.2. The second-order valence-corrected chi connectivity index (χ2v) is 5.98. The molecule has 0 heterocycles. The minimum Gasteiger partial charge on any atom is -0.355 e. The van der Waals surface area contributed by atoms with Crippen molar-refractivity contribution < 1.29 is 14.4 Å². The van der Waals surface area contributed by atoms with Gasteiger partial charge < -0.3 is 16.0 Å². The van der Waals surface area contributed by atoms with E-state index in [0.717, 1.165) is 0 Å². The van der Waals surface area contributed by atoms with E-state index in [2.05, 4.69) is 16.0 Å². The van der Waals surface area contributed by atoms with Crippen molar-refractivity contribution in [3.63, 3.8) is 0 Å². The molecule has 0 saturated carbocycles. The Labute approximate surface area is 162 Å². The van der Waals surface area contributed by atoms with Gasteiger partial charge in [-0.1, -0.05) is 30.3 Å². The number of hydrogen-bond acceptors (Lipinski definition) is 3. The summed E-state index contributed by atoms with van der Waals surface area (Å²) in [4.78, 5) is 36.7. The van der Waals surface area contributed by atoms with Crippen molar-refractivity contribution in [2.45, 2.75) is 0 Å². The third-order valence-corrected chi connectivity index (χ3v) is 4.09. The third-order valence-electron chi connectivity index (χ3n) is 4.09. The normalized spacial score (nSPS) is 10.0. The van der Waals surface area contributed by atoms with Crippen LogP contribution in [0.15, 0.2) is 78.9 Å². The number of amides is 3. The van der Waals surface area contributed by atoms with Crippen LogP contribution in [0, 0.1) is 0 Å². The lowest BCUT2D eigenvalue weighted by Gasteiger charge is -2.12. The van der Waals surface area contributed by atoms with E-state index in [4.69, 9.17) is 0 Å². The number of anilines is 2. The Morgan fingerprint density at radius 1 is 0.607 bits per heavy atom. The first kappa shape index (κ1) is 18.8. The summed E-state index contributed by atoms with van der Waals surface area (Å²) in [5, 5.41) is 8.09. The van der Waals surface area contributed by atoms with E-state index in [1.54, 1.807) is 79.8 Å². The summed E-state index contributed by atoms with van der Waals surface area (Å²) in [5.74, 6) is -0.862. The molecule has 3 amide bonds. The summed E-state index contributed by atoms with van der Waals surface area (Å²) in [6, 6.07) is 22.1. The highest BCUT2D eigenvalue weighted by Gasteiger charge is 2.14. The van der Waals surface area contributed by atoms with Gasteiger partial charge in [0.2, 0.25) is 0 Å². The van der Waals surface area contributed by atoms with Crippen molar-refractivity contribution in [1.29, 1.82) is 0 Å². The van der Waals surface area contributed by atoms with Gasteiger partial charge in [0.1, 0.15) is 0 Å². The van der Waals surface area contributed by atoms with Crippen LogP contribution in [0.4, 0.5) is 11.4 Å². The molecule has 0 aliphatic rings.